The van der Waals surface area contributed by atoms with Crippen molar-refractivity contribution < 1.29 is 18.3 Å². The summed E-state index contributed by atoms with van der Waals surface area (Å²) in [5.41, 5.74) is 2.49. The average Bonchev–Trinajstić information content (AvgIpc) is 3.05. The summed E-state index contributed by atoms with van der Waals surface area (Å²) in [6.07, 6.45) is 2.73. The number of nitrogens with one attached hydrogen (secondary N) is 1. The van der Waals surface area contributed by atoms with Gasteiger partial charge >= 0.3 is 5.97 Å². The first-order valence-corrected chi connectivity index (χ1v) is 10.7. The molecule has 1 aromatic carbocycles. The number of thiophene rings is 1. The van der Waals surface area contributed by atoms with Crippen molar-refractivity contribution in [3.8, 4) is 11.1 Å². The van der Waals surface area contributed by atoms with Crippen LogP contribution in [0, 0.1) is 0 Å². The number of piperidine rings is 1. The Hall–Kier alpha value is -1.90. The van der Waals surface area contributed by atoms with Gasteiger partial charge in [-0.3, -0.25) is 0 Å². The van der Waals surface area contributed by atoms with Gasteiger partial charge in [-0.05, 0) is 42.0 Å². The second kappa shape index (κ2) is 7.15. The summed E-state index contributed by atoms with van der Waals surface area (Å²) in [6, 6.07) is 9.70. The first kappa shape index (κ1) is 17.9. The van der Waals surface area contributed by atoms with Gasteiger partial charge in [-0.15, -0.1) is 11.3 Å². The highest BCUT2D eigenvalue weighted by Crippen LogP contribution is 2.30. The van der Waals surface area contributed by atoms with Crippen molar-refractivity contribution in [2.75, 3.05) is 24.7 Å². The average molecular weight is 380 g/mol. The topological polar surface area (TPSA) is 86.7 Å². The summed E-state index contributed by atoms with van der Waals surface area (Å²) in [7, 11) is -3.12. The number of anilines is 1. The Morgan fingerprint density at radius 2 is 2.00 bits per heavy atom. The molecule has 2 aromatic rings. The maximum atomic E-state index is 11.6. The smallest absolute Gasteiger partial charge is 0.346 e. The Bertz CT molecular complexity index is 868. The molecule has 0 aliphatic carbocycles. The minimum atomic E-state index is -3.12. The number of rotatable bonds is 5. The molecule has 25 heavy (non-hydrogen) atoms. The van der Waals surface area contributed by atoms with Gasteiger partial charge in [0.05, 0.1) is 6.26 Å². The zero-order chi connectivity index (χ0) is 18.0. The molecule has 0 unspecified atom stereocenters. The molecule has 0 bridgehead atoms. The van der Waals surface area contributed by atoms with E-state index in [4.69, 9.17) is 0 Å². The van der Waals surface area contributed by atoms with Crippen molar-refractivity contribution in [2.45, 2.75) is 18.9 Å². The highest BCUT2D eigenvalue weighted by Gasteiger charge is 2.24. The number of nitrogens with zero attached hydrogens (tertiary/aromatic N) is 1. The summed E-state index contributed by atoms with van der Waals surface area (Å²) < 4.78 is 24.7. The highest BCUT2D eigenvalue weighted by atomic mass is 32.2. The fourth-order valence-corrected chi connectivity index (χ4v) is 4.67. The molecule has 8 heteroatoms. The van der Waals surface area contributed by atoms with E-state index in [1.165, 1.54) is 21.9 Å². The van der Waals surface area contributed by atoms with E-state index in [0.717, 1.165) is 24.1 Å². The summed E-state index contributed by atoms with van der Waals surface area (Å²) in [4.78, 5) is 11.6. The van der Waals surface area contributed by atoms with Crippen LogP contribution in [0.25, 0.3) is 11.1 Å². The lowest BCUT2D eigenvalue weighted by molar-refractivity contribution is 0.0703. The molecule has 1 aromatic heterocycles. The standard InChI is InChI=1S/C17H20N2O4S2/c1-25(22,23)19-8-5-13(6-9-19)18-14-4-2-3-12(11-14)15-7-10-24-16(15)17(20)21/h2-4,7,10-11,13,18H,5-6,8-9H2,1H3,(H,20,21). The van der Waals surface area contributed by atoms with Gasteiger partial charge < -0.3 is 10.4 Å². The van der Waals surface area contributed by atoms with Gasteiger partial charge in [0.15, 0.2) is 0 Å². The monoisotopic (exact) mass is 380 g/mol. The third kappa shape index (κ3) is 4.20. The van der Waals surface area contributed by atoms with Crippen LogP contribution in [0.4, 0.5) is 5.69 Å². The Kier molecular flexibility index (Phi) is 5.12. The summed E-state index contributed by atoms with van der Waals surface area (Å²) >= 11 is 1.21. The normalized spacial score (nSPS) is 16.7. The van der Waals surface area contributed by atoms with E-state index >= 15 is 0 Å². The van der Waals surface area contributed by atoms with Crippen molar-refractivity contribution in [3.05, 3.63) is 40.6 Å². The Balaban J connectivity index is 1.71. The minimum Gasteiger partial charge on any atom is -0.477 e. The second-order valence-corrected chi connectivity index (χ2v) is 9.03. The molecule has 1 aliphatic heterocycles. The molecule has 0 amide bonds. The van der Waals surface area contributed by atoms with Gasteiger partial charge in [0, 0.05) is 30.4 Å². The summed E-state index contributed by atoms with van der Waals surface area (Å²) in [6.45, 7) is 1.04. The van der Waals surface area contributed by atoms with Gasteiger partial charge in [-0.2, -0.15) is 0 Å². The van der Waals surface area contributed by atoms with Crippen molar-refractivity contribution in [1.82, 2.24) is 4.31 Å². The van der Waals surface area contributed by atoms with Crippen molar-refractivity contribution >= 4 is 33.0 Å². The molecule has 0 spiro atoms. The van der Waals surface area contributed by atoms with Gasteiger partial charge in [-0.1, -0.05) is 12.1 Å². The van der Waals surface area contributed by atoms with E-state index in [2.05, 4.69) is 5.32 Å². The zero-order valence-electron chi connectivity index (χ0n) is 13.8. The number of hydrogen-bond acceptors (Lipinski definition) is 5. The molecule has 0 saturated carbocycles. The molecule has 0 radical (unpaired) electrons. The maximum absolute atomic E-state index is 11.6. The number of aromatic carboxylic acids is 1. The second-order valence-electron chi connectivity index (χ2n) is 6.13. The van der Waals surface area contributed by atoms with Gasteiger partial charge in [-0.25, -0.2) is 17.5 Å². The van der Waals surface area contributed by atoms with Crippen LogP contribution < -0.4 is 5.32 Å². The van der Waals surface area contributed by atoms with Crippen molar-refractivity contribution in [2.24, 2.45) is 0 Å². The molecular weight excluding hydrogens is 360 g/mol. The number of sulfonamides is 1. The van der Waals surface area contributed by atoms with Gasteiger partial charge in [0.25, 0.3) is 0 Å². The van der Waals surface area contributed by atoms with E-state index in [0.29, 0.717) is 23.5 Å². The molecule has 2 N–H and O–H groups in total. The third-order valence-corrected chi connectivity index (χ3v) is 6.53. The lowest BCUT2D eigenvalue weighted by Crippen LogP contribution is -2.41. The van der Waals surface area contributed by atoms with Crippen LogP contribution in [-0.2, 0) is 10.0 Å². The summed E-state index contributed by atoms with van der Waals surface area (Å²) in [5, 5.41) is 14.5. The van der Waals surface area contributed by atoms with E-state index < -0.39 is 16.0 Å². The first-order chi connectivity index (χ1) is 11.8. The van der Waals surface area contributed by atoms with Crippen LogP contribution in [0.15, 0.2) is 35.7 Å². The number of carboxylic acids is 1. The van der Waals surface area contributed by atoms with Crippen molar-refractivity contribution in [3.63, 3.8) is 0 Å². The summed E-state index contributed by atoms with van der Waals surface area (Å²) in [5.74, 6) is -0.920. The van der Waals surface area contributed by atoms with E-state index in [1.54, 1.807) is 5.38 Å². The quantitative estimate of drug-likeness (QED) is 0.833. The van der Waals surface area contributed by atoms with Crippen LogP contribution in [0.1, 0.15) is 22.5 Å². The fourth-order valence-electron chi connectivity index (χ4n) is 3.05. The van der Waals surface area contributed by atoms with Crippen LogP contribution in [0.2, 0.25) is 0 Å². The predicted molar refractivity (Wildman–Crippen MR) is 99.8 cm³/mol. The number of carbonyl (C=O) groups is 1. The largest absolute Gasteiger partial charge is 0.477 e. The number of benzene rings is 1. The lowest BCUT2D eigenvalue weighted by Gasteiger charge is -2.31. The minimum absolute atomic E-state index is 0.203. The highest BCUT2D eigenvalue weighted by molar-refractivity contribution is 7.88. The molecule has 1 aliphatic rings. The molecule has 0 atom stereocenters. The fraction of sp³-hybridized carbons (Fsp3) is 0.353. The predicted octanol–water partition coefficient (Wildman–Crippen LogP) is 2.95. The molecule has 2 heterocycles. The van der Waals surface area contributed by atoms with Crippen LogP contribution in [0.3, 0.4) is 0 Å². The molecular formula is C17H20N2O4S2. The Morgan fingerprint density at radius 3 is 2.64 bits per heavy atom. The zero-order valence-corrected chi connectivity index (χ0v) is 15.4. The molecule has 6 nitrogen and oxygen atoms in total. The van der Waals surface area contributed by atoms with Crippen molar-refractivity contribution in [1.29, 1.82) is 0 Å². The van der Waals surface area contributed by atoms with Crippen LogP contribution in [0.5, 0.6) is 0 Å². The van der Waals surface area contributed by atoms with E-state index in [-0.39, 0.29) is 6.04 Å². The van der Waals surface area contributed by atoms with Gasteiger partial charge in [0.1, 0.15) is 4.88 Å². The molecule has 1 saturated heterocycles. The third-order valence-electron chi connectivity index (χ3n) is 4.33. The number of carboxylic acid groups (broad SMARTS) is 1. The van der Waals surface area contributed by atoms with Crippen LogP contribution >= 0.6 is 11.3 Å². The molecule has 1 fully saturated rings. The Labute approximate surface area is 151 Å². The number of hydrogen-bond donors (Lipinski definition) is 2. The Morgan fingerprint density at radius 1 is 1.28 bits per heavy atom. The van der Waals surface area contributed by atoms with Gasteiger partial charge in [0.2, 0.25) is 10.0 Å². The first-order valence-electron chi connectivity index (χ1n) is 7.97. The maximum Gasteiger partial charge on any atom is 0.346 e. The molecule has 134 valence electrons. The van der Waals surface area contributed by atoms with E-state index in [9.17, 15) is 18.3 Å². The SMILES string of the molecule is CS(=O)(=O)N1CCC(Nc2cccc(-c3ccsc3C(=O)O)c2)CC1. The van der Waals surface area contributed by atoms with Crippen LogP contribution in [-0.4, -0.2) is 49.2 Å². The lowest BCUT2D eigenvalue weighted by atomic mass is 10.0. The van der Waals surface area contributed by atoms with E-state index in [1.807, 2.05) is 30.3 Å². The molecule has 3 rings (SSSR count).